The maximum atomic E-state index is 6.15. The van der Waals surface area contributed by atoms with Crippen LogP contribution in [0.1, 0.15) is 17.5 Å². The van der Waals surface area contributed by atoms with Crippen molar-refractivity contribution in [2.75, 3.05) is 13.2 Å². The van der Waals surface area contributed by atoms with E-state index in [4.69, 9.17) is 10.5 Å². The van der Waals surface area contributed by atoms with Crippen LogP contribution in [0.15, 0.2) is 54.6 Å². The Labute approximate surface area is 114 Å². The van der Waals surface area contributed by atoms with Crippen LogP contribution in [0.4, 0.5) is 0 Å². The highest BCUT2D eigenvalue weighted by Gasteiger charge is 2.36. The Morgan fingerprint density at radius 3 is 2.53 bits per heavy atom. The van der Waals surface area contributed by atoms with E-state index in [1.165, 1.54) is 11.1 Å². The van der Waals surface area contributed by atoms with Gasteiger partial charge in [-0.3, -0.25) is 0 Å². The number of para-hydroxylation sites is 1. The lowest BCUT2D eigenvalue weighted by Gasteiger charge is -2.38. The highest BCUT2D eigenvalue weighted by atomic mass is 16.5. The topological polar surface area (TPSA) is 35.2 Å². The summed E-state index contributed by atoms with van der Waals surface area (Å²) in [5.41, 5.74) is 8.75. The van der Waals surface area contributed by atoms with Crippen molar-refractivity contribution >= 4 is 0 Å². The van der Waals surface area contributed by atoms with Crippen molar-refractivity contribution in [1.82, 2.24) is 0 Å². The minimum atomic E-state index is 0.0101. The van der Waals surface area contributed by atoms with Gasteiger partial charge in [0.2, 0.25) is 0 Å². The molecule has 0 bridgehead atoms. The largest absolute Gasteiger partial charge is 0.493 e. The zero-order valence-electron chi connectivity index (χ0n) is 11.0. The Morgan fingerprint density at radius 1 is 1.00 bits per heavy atom. The van der Waals surface area contributed by atoms with Crippen molar-refractivity contribution in [2.24, 2.45) is 5.73 Å². The molecule has 1 aliphatic rings. The molecule has 0 aromatic heterocycles. The number of fused-ring (bicyclic) bond motifs is 1. The summed E-state index contributed by atoms with van der Waals surface area (Å²) < 4.78 is 5.76. The van der Waals surface area contributed by atoms with Crippen molar-refractivity contribution < 1.29 is 4.74 Å². The molecule has 19 heavy (non-hydrogen) atoms. The summed E-state index contributed by atoms with van der Waals surface area (Å²) in [5.74, 6) is 0.995. The lowest BCUT2D eigenvalue weighted by Crippen LogP contribution is -2.41. The van der Waals surface area contributed by atoms with Gasteiger partial charge in [-0.25, -0.2) is 0 Å². The molecule has 2 aromatic carbocycles. The van der Waals surface area contributed by atoms with Crippen LogP contribution in [0.2, 0.25) is 0 Å². The van der Waals surface area contributed by atoms with Crippen LogP contribution in [0, 0.1) is 0 Å². The fraction of sp³-hybridized carbons (Fsp3) is 0.294. The molecule has 0 radical (unpaired) electrons. The van der Waals surface area contributed by atoms with E-state index in [1.54, 1.807) is 0 Å². The Morgan fingerprint density at radius 2 is 1.74 bits per heavy atom. The Balaban J connectivity index is 2.00. The molecule has 1 atom stereocenters. The number of rotatable bonds is 3. The van der Waals surface area contributed by atoms with Gasteiger partial charge in [0, 0.05) is 17.5 Å². The van der Waals surface area contributed by atoms with Crippen LogP contribution < -0.4 is 10.5 Å². The first-order valence-corrected chi connectivity index (χ1v) is 6.80. The van der Waals surface area contributed by atoms with Gasteiger partial charge in [0.15, 0.2) is 0 Å². The highest BCUT2D eigenvalue weighted by Crippen LogP contribution is 2.40. The Bertz CT molecular complexity index is 552. The molecule has 0 aliphatic carbocycles. The van der Waals surface area contributed by atoms with Gasteiger partial charge in [0.05, 0.1) is 6.61 Å². The third kappa shape index (κ3) is 2.24. The van der Waals surface area contributed by atoms with Gasteiger partial charge < -0.3 is 10.5 Å². The first-order valence-electron chi connectivity index (χ1n) is 6.80. The standard InChI is InChI=1S/C17H19NO/c18-13-17(12-14-6-2-1-3-7-14)10-11-19-16-9-5-4-8-15(16)17/h1-9H,10-13,18H2. The molecular weight excluding hydrogens is 234 g/mol. The number of hydrogen-bond donors (Lipinski definition) is 1. The van der Waals surface area contributed by atoms with E-state index in [0.717, 1.165) is 25.2 Å². The van der Waals surface area contributed by atoms with Gasteiger partial charge in [-0.15, -0.1) is 0 Å². The molecule has 3 rings (SSSR count). The van der Waals surface area contributed by atoms with Crippen LogP contribution in [0.5, 0.6) is 5.75 Å². The SMILES string of the molecule is NCC1(Cc2ccccc2)CCOc2ccccc21. The third-order valence-electron chi connectivity index (χ3n) is 4.07. The number of hydrogen-bond acceptors (Lipinski definition) is 2. The monoisotopic (exact) mass is 253 g/mol. The molecule has 2 aromatic rings. The summed E-state index contributed by atoms with van der Waals surface area (Å²) in [6.07, 6.45) is 1.96. The van der Waals surface area contributed by atoms with Crippen molar-refractivity contribution in [1.29, 1.82) is 0 Å². The third-order valence-corrected chi connectivity index (χ3v) is 4.07. The van der Waals surface area contributed by atoms with Crippen molar-refractivity contribution in [2.45, 2.75) is 18.3 Å². The average molecular weight is 253 g/mol. The first kappa shape index (κ1) is 12.2. The van der Waals surface area contributed by atoms with Gasteiger partial charge in [-0.1, -0.05) is 48.5 Å². The van der Waals surface area contributed by atoms with E-state index in [2.05, 4.69) is 42.5 Å². The van der Waals surface area contributed by atoms with Gasteiger partial charge in [-0.05, 0) is 24.5 Å². The summed E-state index contributed by atoms with van der Waals surface area (Å²) in [5, 5.41) is 0. The molecule has 2 N–H and O–H groups in total. The maximum Gasteiger partial charge on any atom is 0.123 e. The average Bonchev–Trinajstić information content (AvgIpc) is 2.49. The predicted octanol–water partition coefficient (Wildman–Crippen LogP) is 2.91. The lowest BCUT2D eigenvalue weighted by atomic mass is 9.72. The zero-order chi connectivity index (χ0) is 13.1. The van der Waals surface area contributed by atoms with Crippen LogP contribution in [-0.4, -0.2) is 13.2 Å². The van der Waals surface area contributed by atoms with Gasteiger partial charge >= 0.3 is 0 Å². The molecular formula is C17H19NO. The molecule has 0 spiro atoms. The van der Waals surface area contributed by atoms with Crippen molar-refractivity contribution in [3.63, 3.8) is 0 Å². The summed E-state index contributed by atoms with van der Waals surface area (Å²) >= 11 is 0. The zero-order valence-corrected chi connectivity index (χ0v) is 11.0. The molecule has 2 heteroatoms. The van der Waals surface area contributed by atoms with E-state index in [0.29, 0.717) is 6.54 Å². The van der Waals surface area contributed by atoms with Gasteiger partial charge in [0.1, 0.15) is 5.75 Å². The quantitative estimate of drug-likeness (QED) is 0.913. The van der Waals surface area contributed by atoms with Crippen LogP contribution >= 0.6 is 0 Å². The molecule has 0 saturated heterocycles. The van der Waals surface area contributed by atoms with Crippen molar-refractivity contribution in [3.8, 4) is 5.75 Å². The highest BCUT2D eigenvalue weighted by molar-refractivity contribution is 5.43. The molecule has 0 saturated carbocycles. The van der Waals surface area contributed by atoms with E-state index in [-0.39, 0.29) is 5.41 Å². The summed E-state index contributed by atoms with van der Waals surface area (Å²) in [4.78, 5) is 0. The van der Waals surface area contributed by atoms with Crippen molar-refractivity contribution in [3.05, 3.63) is 65.7 Å². The number of benzene rings is 2. The lowest BCUT2D eigenvalue weighted by molar-refractivity contribution is 0.215. The van der Waals surface area contributed by atoms with Crippen LogP contribution in [-0.2, 0) is 11.8 Å². The minimum absolute atomic E-state index is 0.0101. The van der Waals surface area contributed by atoms with E-state index < -0.39 is 0 Å². The molecule has 1 unspecified atom stereocenters. The molecule has 0 fully saturated rings. The predicted molar refractivity (Wildman–Crippen MR) is 77.4 cm³/mol. The van der Waals surface area contributed by atoms with Crippen LogP contribution in [0.25, 0.3) is 0 Å². The Kier molecular flexibility index (Phi) is 3.26. The van der Waals surface area contributed by atoms with Crippen LogP contribution in [0.3, 0.4) is 0 Å². The molecule has 1 aliphatic heterocycles. The number of nitrogens with two attached hydrogens (primary N) is 1. The molecule has 0 amide bonds. The first-order chi connectivity index (χ1) is 9.34. The van der Waals surface area contributed by atoms with E-state index in [9.17, 15) is 0 Å². The second-order valence-electron chi connectivity index (χ2n) is 5.24. The van der Waals surface area contributed by atoms with E-state index in [1.807, 2.05) is 12.1 Å². The van der Waals surface area contributed by atoms with Gasteiger partial charge in [-0.2, -0.15) is 0 Å². The Hall–Kier alpha value is -1.80. The summed E-state index contributed by atoms with van der Waals surface area (Å²) in [7, 11) is 0. The van der Waals surface area contributed by atoms with Gasteiger partial charge in [0.25, 0.3) is 0 Å². The second kappa shape index (κ2) is 5.06. The fourth-order valence-electron chi connectivity index (χ4n) is 2.98. The molecule has 1 heterocycles. The molecule has 98 valence electrons. The summed E-state index contributed by atoms with van der Waals surface area (Å²) in [6.45, 7) is 1.41. The summed E-state index contributed by atoms with van der Waals surface area (Å²) in [6, 6.07) is 18.9. The minimum Gasteiger partial charge on any atom is -0.493 e. The normalized spacial score (nSPS) is 21.5. The van der Waals surface area contributed by atoms with E-state index >= 15 is 0 Å². The maximum absolute atomic E-state index is 6.15. The smallest absolute Gasteiger partial charge is 0.123 e. The molecule has 2 nitrogen and oxygen atoms in total. The second-order valence-corrected chi connectivity index (χ2v) is 5.24. The fourth-order valence-corrected chi connectivity index (χ4v) is 2.98. The number of ether oxygens (including phenoxy) is 1.